The molecule has 152 valence electrons. The van der Waals surface area contributed by atoms with E-state index >= 15 is 0 Å². The molecule has 0 aliphatic carbocycles. The van der Waals surface area contributed by atoms with Crippen molar-refractivity contribution in [3.05, 3.63) is 89.8 Å². The molecule has 30 heavy (non-hydrogen) atoms. The van der Waals surface area contributed by atoms with Crippen molar-refractivity contribution in [1.29, 1.82) is 0 Å². The van der Waals surface area contributed by atoms with Crippen LogP contribution < -0.4 is 10.0 Å². The Morgan fingerprint density at radius 3 is 2.63 bits per heavy atom. The fourth-order valence-electron chi connectivity index (χ4n) is 2.69. The summed E-state index contributed by atoms with van der Waals surface area (Å²) >= 11 is 1.37. The first kappa shape index (κ1) is 20.0. The van der Waals surface area contributed by atoms with Crippen LogP contribution in [0.15, 0.2) is 87.7 Å². The molecule has 0 saturated heterocycles. The highest BCUT2D eigenvalue weighted by atomic mass is 32.2. The van der Waals surface area contributed by atoms with Gasteiger partial charge in [-0.05, 0) is 30.3 Å². The molecule has 2 aromatic carbocycles. The molecule has 0 radical (unpaired) electrons. The number of nitrogens with one attached hydrogen (secondary N) is 2. The fourth-order valence-corrected chi connectivity index (χ4v) is 4.54. The van der Waals surface area contributed by atoms with Gasteiger partial charge in [0, 0.05) is 16.6 Å². The van der Waals surface area contributed by atoms with Crippen LogP contribution in [0.1, 0.15) is 16.2 Å². The molecular formula is C21H17N3O4S2. The first-order chi connectivity index (χ1) is 14.5. The summed E-state index contributed by atoms with van der Waals surface area (Å²) < 4.78 is 32.6. The first-order valence-corrected chi connectivity index (χ1v) is 11.3. The van der Waals surface area contributed by atoms with E-state index in [2.05, 4.69) is 15.0 Å². The molecule has 0 aliphatic rings. The van der Waals surface area contributed by atoms with Crippen molar-refractivity contribution in [2.24, 2.45) is 0 Å². The predicted octanol–water partition coefficient (Wildman–Crippen LogP) is 4.13. The Hall–Kier alpha value is -3.27. The van der Waals surface area contributed by atoms with Crippen LogP contribution >= 0.6 is 11.3 Å². The lowest BCUT2D eigenvalue weighted by molar-refractivity contribution is 0.102. The molecule has 0 saturated carbocycles. The van der Waals surface area contributed by atoms with Gasteiger partial charge in [-0.3, -0.25) is 4.79 Å². The van der Waals surface area contributed by atoms with Crippen molar-refractivity contribution in [2.75, 3.05) is 5.32 Å². The van der Waals surface area contributed by atoms with Gasteiger partial charge in [-0.1, -0.05) is 36.4 Å². The number of carbonyl (C=O) groups is 1. The molecule has 0 spiro atoms. The van der Waals surface area contributed by atoms with E-state index in [1.54, 1.807) is 29.6 Å². The zero-order chi connectivity index (χ0) is 21.0. The standard InChI is InChI=1S/C21H17N3O4S2/c25-20(19-14-29-21(24-19)15-6-2-1-3-7-15)23-16-8-4-10-18(12-16)30(26,27)22-13-17-9-5-11-28-17/h1-12,14,22H,13H2,(H,23,25). The lowest BCUT2D eigenvalue weighted by atomic mass is 10.2. The van der Waals surface area contributed by atoms with Crippen molar-refractivity contribution < 1.29 is 17.6 Å². The summed E-state index contributed by atoms with van der Waals surface area (Å²) in [6.45, 7) is 0.0347. The van der Waals surface area contributed by atoms with Gasteiger partial charge in [0.1, 0.15) is 16.5 Å². The Morgan fingerprint density at radius 1 is 1.03 bits per heavy atom. The molecule has 4 rings (SSSR count). The van der Waals surface area contributed by atoms with Gasteiger partial charge in [0.15, 0.2) is 0 Å². The van der Waals surface area contributed by atoms with Crippen molar-refractivity contribution in [3.63, 3.8) is 0 Å². The summed E-state index contributed by atoms with van der Waals surface area (Å²) in [5.74, 6) is 0.0901. The molecule has 7 nitrogen and oxygen atoms in total. The number of nitrogens with zero attached hydrogens (tertiary/aromatic N) is 1. The van der Waals surface area contributed by atoms with Crippen LogP contribution in [0.25, 0.3) is 10.6 Å². The Balaban J connectivity index is 1.46. The summed E-state index contributed by atoms with van der Waals surface area (Å²) in [5, 5.41) is 5.10. The molecule has 0 unspecified atom stereocenters. The van der Waals surface area contributed by atoms with Gasteiger partial charge in [-0.25, -0.2) is 18.1 Å². The number of thiazole rings is 1. The number of amides is 1. The quantitative estimate of drug-likeness (QED) is 0.451. The average molecular weight is 440 g/mol. The third-order valence-electron chi connectivity index (χ3n) is 4.18. The summed E-state index contributed by atoms with van der Waals surface area (Å²) in [4.78, 5) is 17.0. The third kappa shape index (κ3) is 4.65. The second kappa shape index (κ2) is 8.62. The van der Waals surface area contributed by atoms with E-state index < -0.39 is 15.9 Å². The van der Waals surface area contributed by atoms with E-state index in [1.165, 1.54) is 29.7 Å². The van der Waals surface area contributed by atoms with Crippen molar-refractivity contribution in [1.82, 2.24) is 9.71 Å². The smallest absolute Gasteiger partial charge is 0.275 e. The molecule has 2 heterocycles. The third-order valence-corrected chi connectivity index (χ3v) is 6.47. The molecule has 2 aromatic heterocycles. The van der Waals surface area contributed by atoms with Crippen LogP contribution in [0, 0.1) is 0 Å². The van der Waals surface area contributed by atoms with Crippen molar-refractivity contribution in [2.45, 2.75) is 11.4 Å². The van der Waals surface area contributed by atoms with Crippen LogP contribution in [0.5, 0.6) is 0 Å². The maximum absolute atomic E-state index is 12.6. The molecule has 4 aromatic rings. The number of aromatic nitrogens is 1. The van der Waals surface area contributed by atoms with Gasteiger partial charge in [0.05, 0.1) is 17.7 Å². The zero-order valence-electron chi connectivity index (χ0n) is 15.6. The maximum Gasteiger partial charge on any atom is 0.275 e. The predicted molar refractivity (Wildman–Crippen MR) is 115 cm³/mol. The number of hydrogen-bond donors (Lipinski definition) is 2. The summed E-state index contributed by atoms with van der Waals surface area (Å²) in [6.07, 6.45) is 1.47. The van der Waals surface area contributed by atoms with Crippen LogP contribution in [0.3, 0.4) is 0 Å². The van der Waals surface area contributed by atoms with Crippen molar-refractivity contribution in [3.8, 4) is 10.6 Å². The number of carbonyl (C=O) groups excluding carboxylic acids is 1. The number of hydrogen-bond acceptors (Lipinski definition) is 6. The van der Waals surface area contributed by atoms with Gasteiger partial charge in [-0.2, -0.15) is 0 Å². The van der Waals surface area contributed by atoms with E-state index in [0.29, 0.717) is 11.4 Å². The Kier molecular flexibility index (Phi) is 5.75. The fraction of sp³-hybridized carbons (Fsp3) is 0.0476. The molecule has 0 atom stereocenters. The summed E-state index contributed by atoms with van der Waals surface area (Å²) in [7, 11) is -3.77. The van der Waals surface area contributed by atoms with Crippen LogP contribution in [0.2, 0.25) is 0 Å². The van der Waals surface area contributed by atoms with Crippen molar-refractivity contribution >= 4 is 33.0 Å². The lowest BCUT2D eigenvalue weighted by Gasteiger charge is -2.08. The molecular weight excluding hydrogens is 422 g/mol. The highest BCUT2D eigenvalue weighted by molar-refractivity contribution is 7.89. The van der Waals surface area contributed by atoms with E-state index in [9.17, 15) is 13.2 Å². The number of furan rings is 1. The zero-order valence-corrected chi connectivity index (χ0v) is 17.2. The highest BCUT2D eigenvalue weighted by Gasteiger charge is 2.17. The van der Waals surface area contributed by atoms with Crippen LogP contribution in [-0.4, -0.2) is 19.3 Å². The molecule has 0 aliphatic heterocycles. The minimum absolute atomic E-state index is 0.0347. The normalized spacial score (nSPS) is 11.3. The highest BCUT2D eigenvalue weighted by Crippen LogP contribution is 2.24. The maximum atomic E-state index is 12.6. The molecule has 1 amide bonds. The number of benzene rings is 2. The van der Waals surface area contributed by atoms with E-state index in [-0.39, 0.29) is 17.1 Å². The van der Waals surface area contributed by atoms with Crippen LogP contribution in [-0.2, 0) is 16.6 Å². The average Bonchev–Trinajstić information content (AvgIpc) is 3.45. The van der Waals surface area contributed by atoms with E-state index in [4.69, 9.17) is 4.42 Å². The van der Waals surface area contributed by atoms with Gasteiger partial charge in [0.2, 0.25) is 10.0 Å². The SMILES string of the molecule is O=C(Nc1cccc(S(=O)(=O)NCc2ccco2)c1)c1csc(-c2ccccc2)n1. The Morgan fingerprint density at radius 2 is 1.87 bits per heavy atom. The van der Waals surface area contributed by atoms with E-state index in [0.717, 1.165) is 10.6 Å². The second-order valence-electron chi connectivity index (χ2n) is 6.29. The number of sulfonamides is 1. The van der Waals surface area contributed by atoms with Crippen LogP contribution in [0.4, 0.5) is 5.69 Å². The molecule has 0 fully saturated rings. The molecule has 9 heteroatoms. The minimum Gasteiger partial charge on any atom is -0.468 e. The summed E-state index contributed by atoms with van der Waals surface area (Å²) in [6, 6.07) is 19.0. The molecule has 0 bridgehead atoms. The van der Waals surface area contributed by atoms with E-state index in [1.807, 2.05) is 30.3 Å². The second-order valence-corrected chi connectivity index (χ2v) is 8.91. The van der Waals surface area contributed by atoms with Gasteiger partial charge < -0.3 is 9.73 Å². The van der Waals surface area contributed by atoms with Gasteiger partial charge >= 0.3 is 0 Å². The Labute approximate surface area is 177 Å². The summed E-state index contributed by atoms with van der Waals surface area (Å²) in [5.41, 5.74) is 1.55. The topological polar surface area (TPSA) is 101 Å². The first-order valence-electron chi connectivity index (χ1n) is 8.96. The number of rotatable bonds is 7. The largest absolute Gasteiger partial charge is 0.468 e. The molecule has 2 N–H and O–H groups in total. The lowest BCUT2D eigenvalue weighted by Crippen LogP contribution is -2.23. The van der Waals surface area contributed by atoms with Gasteiger partial charge in [0.25, 0.3) is 5.91 Å². The van der Waals surface area contributed by atoms with Gasteiger partial charge in [-0.15, -0.1) is 11.3 Å². The minimum atomic E-state index is -3.77. The monoisotopic (exact) mass is 439 g/mol. The Bertz CT molecular complexity index is 1250. The number of anilines is 1.